The molecule has 1 heterocycles. The first-order valence-corrected chi connectivity index (χ1v) is 8.96. The lowest BCUT2D eigenvalue weighted by molar-refractivity contribution is 0.262. The molecule has 0 saturated carbocycles. The molecule has 0 saturated heterocycles. The van der Waals surface area contributed by atoms with Gasteiger partial charge in [0.2, 0.25) is 0 Å². The minimum absolute atomic E-state index is 0.180. The highest BCUT2D eigenvalue weighted by molar-refractivity contribution is 9.11. The van der Waals surface area contributed by atoms with Gasteiger partial charge in [0.25, 0.3) is 0 Å². The third-order valence-electron chi connectivity index (χ3n) is 5.31. The van der Waals surface area contributed by atoms with Gasteiger partial charge in [0.05, 0.1) is 0 Å². The molecule has 0 radical (unpaired) electrons. The quantitative estimate of drug-likeness (QED) is 0.627. The molecule has 0 spiro atoms. The summed E-state index contributed by atoms with van der Waals surface area (Å²) >= 11 is 3.72. The second-order valence-electron chi connectivity index (χ2n) is 6.80. The summed E-state index contributed by atoms with van der Waals surface area (Å²) in [6, 6.07) is 6.71. The van der Waals surface area contributed by atoms with Crippen molar-refractivity contribution in [2.75, 3.05) is 0 Å². The molecule has 2 heteroatoms. The Bertz CT molecular complexity index is 685. The van der Waals surface area contributed by atoms with Crippen LogP contribution in [0.15, 0.2) is 53.1 Å². The number of benzene rings is 1. The molecule has 3 aliphatic rings. The molecule has 1 aromatic carbocycles. The minimum atomic E-state index is 0.180. The van der Waals surface area contributed by atoms with Crippen LogP contribution in [0, 0.1) is 11.8 Å². The standard InChI is InChI=1S/C20H21BrO/c1-12-11-18(21)13(2)10-17(12)16-8-5-7-15-14-6-3-4-9-19(14)22-20(15)16/h3-9,11-14,17,19H,10H2,1-2H3. The van der Waals surface area contributed by atoms with Gasteiger partial charge in [-0.1, -0.05) is 72.3 Å². The van der Waals surface area contributed by atoms with E-state index in [1.54, 1.807) is 0 Å². The maximum atomic E-state index is 6.34. The van der Waals surface area contributed by atoms with E-state index in [-0.39, 0.29) is 6.10 Å². The smallest absolute Gasteiger partial charge is 0.128 e. The Morgan fingerprint density at radius 1 is 1.09 bits per heavy atom. The lowest BCUT2D eigenvalue weighted by Gasteiger charge is -2.31. The van der Waals surface area contributed by atoms with Crippen LogP contribution >= 0.6 is 15.9 Å². The van der Waals surface area contributed by atoms with Gasteiger partial charge in [0, 0.05) is 11.5 Å². The predicted molar refractivity (Wildman–Crippen MR) is 94.6 cm³/mol. The molecule has 22 heavy (non-hydrogen) atoms. The maximum Gasteiger partial charge on any atom is 0.128 e. The molecule has 1 aromatic rings. The number of halogens is 1. The number of hydrogen-bond donors (Lipinski definition) is 0. The third-order valence-corrected chi connectivity index (χ3v) is 6.35. The average Bonchev–Trinajstić information content (AvgIpc) is 2.90. The molecule has 0 bridgehead atoms. The number of para-hydroxylation sites is 1. The Balaban J connectivity index is 1.75. The zero-order chi connectivity index (χ0) is 15.3. The van der Waals surface area contributed by atoms with Gasteiger partial charge in [-0.25, -0.2) is 0 Å². The Hall–Kier alpha value is -1.28. The van der Waals surface area contributed by atoms with Crippen LogP contribution in [-0.4, -0.2) is 6.10 Å². The van der Waals surface area contributed by atoms with Crippen molar-refractivity contribution in [1.29, 1.82) is 0 Å². The highest BCUT2D eigenvalue weighted by Crippen LogP contribution is 2.49. The lowest BCUT2D eigenvalue weighted by Crippen LogP contribution is -2.19. The van der Waals surface area contributed by atoms with Crippen LogP contribution in [0.5, 0.6) is 5.75 Å². The SMILES string of the molecule is CC1CC(c2cccc3c2OC2C=CC=CC32)C(C)C=C1Br. The molecule has 1 aliphatic heterocycles. The fourth-order valence-electron chi connectivity index (χ4n) is 4.03. The predicted octanol–water partition coefficient (Wildman–Crippen LogP) is 5.70. The summed E-state index contributed by atoms with van der Waals surface area (Å²) in [6.45, 7) is 4.62. The Morgan fingerprint density at radius 2 is 1.86 bits per heavy atom. The molecule has 0 N–H and O–H groups in total. The largest absolute Gasteiger partial charge is 0.485 e. The summed E-state index contributed by atoms with van der Waals surface area (Å²) in [6.07, 6.45) is 12.4. The first-order valence-electron chi connectivity index (χ1n) is 8.17. The van der Waals surface area contributed by atoms with Gasteiger partial charge in [-0.2, -0.15) is 0 Å². The van der Waals surface area contributed by atoms with Crippen LogP contribution in [0.2, 0.25) is 0 Å². The summed E-state index contributed by atoms with van der Waals surface area (Å²) in [4.78, 5) is 0. The topological polar surface area (TPSA) is 9.23 Å². The summed E-state index contributed by atoms with van der Waals surface area (Å²) < 4.78 is 7.69. The number of fused-ring (bicyclic) bond motifs is 3. The second kappa shape index (κ2) is 5.42. The van der Waals surface area contributed by atoms with E-state index in [9.17, 15) is 0 Å². The van der Waals surface area contributed by atoms with E-state index >= 15 is 0 Å². The number of allylic oxidation sites excluding steroid dienone is 4. The number of hydrogen-bond acceptors (Lipinski definition) is 1. The van der Waals surface area contributed by atoms with Gasteiger partial charge in [-0.05, 0) is 40.3 Å². The fraction of sp³-hybridized carbons (Fsp3) is 0.400. The molecule has 2 aliphatic carbocycles. The van der Waals surface area contributed by atoms with E-state index < -0.39 is 0 Å². The summed E-state index contributed by atoms with van der Waals surface area (Å²) in [5.74, 6) is 3.19. The molecule has 5 unspecified atom stereocenters. The Labute approximate surface area is 140 Å². The van der Waals surface area contributed by atoms with E-state index in [0.29, 0.717) is 23.7 Å². The second-order valence-corrected chi connectivity index (χ2v) is 7.71. The van der Waals surface area contributed by atoms with Crippen LogP contribution in [0.25, 0.3) is 0 Å². The van der Waals surface area contributed by atoms with Gasteiger partial charge in [0.15, 0.2) is 0 Å². The summed E-state index contributed by atoms with van der Waals surface area (Å²) in [5, 5.41) is 0. The van der Waals surface area contributed by atoms with E-state index in [2.05, 4.69) is 78.4 Å². The molecule has 114 valence electrons. The van der Waals surface area contributed by atoms with Gasteiger partial charge in [0.1, 0.15) is 11.9 Å². The van der Waals surface area contributed by atoms with Gasteiger partial charge in [-0.15, -0.1) is 0 Å². The van der Waals surface area contributed by atoms with Crippen molar-refractivity contribution in [3.63, 3.8) is 0 Å². The van der Waals surface area contributed by atoms with Crippen molar-refractivity contribution in [3.05, 3.63) is 64.2 Å². The zero-order valence-electron chi connectivity index (χ0n) is 13.0. The summed E-state index contributed by atoms with van der Waals surface area (Å²) in [5.41, 5.74) is 2.75. The van der Waals surface area contributed by atoms with Crippen molar-refractivity contribution >= 4 is 15.9 Å². The summed E-state index contributed by atoms with van der Waals surface area (Å²) in [7, 11) is 0. The normalized spacial score (nSPS) is 35.6. The van der Waals surface area contributed by atoms with Crippen molar-refractivity contribution in [3.8, 4) is 5.75 Å². The van der Waals surface area contributed by atoms with Crippen LogP contribution in [0.1, 0.15) is 43.2 Å². The van der Waals surface area contributed by atoms with Crippen LogP contribution in [0.3, 0.4) is 0 Å². The third kappa shape index (κ3) is 2.20. The zero-order valence-corrected chi connectivity index (χ0v) is 14.6. The van der Waals surface area contributed by atoms with Crippen molar-refractivity contribution in [2.45, 2.75) is 38.2 Å². The van der Waals surface area contributed by atoms with E-state index in [0.717, 1.165) is 5.75 Å². The Morgan fingerprint density at radius 3 is 2.73 bits per heavy atom. The molecule has 0 aromatic heterocycles. The average molecular weight is 357 g/mol. The molecule has 5 atom stereocenters. The maximum absolute atomic E-state index is 6.34. The van der Waals surface area contributed by atoms with Crippen molar-refractivity contribution in [1.82, 2.24) is 0 Å². The van der Waals surface area contributed by atoms with Crippen LogP contribution in [0.4, 0.5) is 0 Å². The first kappa shape index (κ1) is 14.3. The highest BCUT2D eigenvalue weighted by atomic mass is 79.9. The molecule has 1 nitrogen and oxygen atoms in total. The Kier molecular flexibility index (Phi) is 3.53. The van der Waals surface area contributed by atoms with E-state index in [1.165, 1.54) is 22.0 Å². The van der Waals surface area contributed by atoms with Crippen molar-refractivity contribution in [2.24, 2.45) is 11.8 Å². The molecule has 0 amide bonds. The molecule has 4 rings (SSSR count). The molecular weight excluding hydrogens is 336 g/mol. The van der Waals surface area contributed by atoms with Crippen molar-refractivity contribution < 1.29 is 4.74 Å². The van der Waals surface area contributed by atoms with Gasteiger partial charge >= 0.3 is 0 Å². The fourth-order valence-corrected chi connectivity index (χ4v) is 4.63. The van der Waals surface area contributed by atoms with Crippen LogP contribution < -0.4 is 4.74 Å². The monoisotopic (exact) mass is 356 g/mol. The number of rotatable bonds is 1. The molecule has 0 fully saturated rings. The van der Waals surface area contributed by atoms with E-state index in [4.69, 9.17) is 4.74 Å². The first-order chi connectivity index (χ1) is 10.6. The van der Waals surface area contributed by atoms with Gasteiger partial charge < -0.3 is 4.74 Å². The molecular formula is C20H21BrO. The minimum Gasteiger partial charge on any atom is -0.485 e. The number of ether oxygens (including phenoxy) is 1. The van der Waals surface area contributed by atoms with E-state index in [1.807, 2.05) is 0 Å². The highest BCUT2D eigenvalue weighted by Gasteiger charge is 2.36. The van der Waals surface area contributed by atoms with Crippen LogP contribution in [-0.2, 0) is 0 Å². The lowest BCUT2D eigenvalue weighted by atomic mass is 9.75. The van der Waals surface area contributed by atoms with Gasteiger partial charge in [-0.3, -0.25) is 0 Å².